The minimum absolute atomic E-state index is 0.0612. The van der Waals surface area contributed by atoms with E-state index in [1.54, 1.807) is 13.0 Å². The lowest BCUT2D eigenvalue weighted by molar-refractivity contribution is 0.152. The van der Waals surface area contributed by atoms with Crippen LogP contribution in [0.3, 0.4) is 0 Å². The Morgan fingerprint density at radius 2 is 2.24 bits per heavy atom. The maximum Gasteiger partial charge on any atom is 0.255 e. The van der Waals surface area contributed by atoms with E-state index < -0.39 is 13.0 Å². The Balaban J connectivity index is 3.00. The zero-order chi connectivity index (χ0) is 12.8. The molecule has 0 aliphatic rings. The molecule has 0 aliphatic heterocycles. The standard InChI is InChI=1S/C11H13F2N3O/c1-8-4-9(6-14)5-11(15-8)16(2-3-17)7-10(12)13/h4-5,10,17H,2-3,7H2,1H3. The highest BCUT2D eigenvalue weighted by Crippen LogP contribution is 2.15. The van der Waals surface area contributed by atoms with Gasteiger partial charge < -0.3 is 10.0 Å². The molecule has 0 saturated heterocycles. The van der Waals surface area contributed by atoms with Crippen molar-refractivity contribution in [3.8, 4) is 6.07 Å². The first-order chi connectivity index (χ1) is 8.06. The molecule has 0 fully saturated rings. The van der Waals surface area contributed by atoms with E-state index in [0.717, 1.165) is 0 Å². The summed E-state index contributed by atoms with van der Waals surface area (Å²) < 4.78 is 24.7. The minimum Gasteiger partial charge on any atom is -0.395 e. The summed E-state index contributed by atoms with van der Waals surface area (Å²) in [5, 5.41) is 17.6. The highest BCUT2D eigenvalue weighted by atomic mass is 19.3. The zero-order valence-electron chi connectivity index (χ0n) is 9.40. The molecule has 1 aromatic heterocycles. The van der Waals surface area contributed by atoms with Crippen molar-refractivity contribution in [2.45, 2.75) is 13.3 Å². The van der Waals surface area contributed by atoms with Crippen molar-refractivity contribution in [1.82, 2.24) is 4.98 Å². The van der Waals surface area contributed by atoms with Gasteiger partial charge in [0.2, 0.25) is 0 Å². The Morgan fingerprint density at radius 1 is 1.53 bits per heavy atom. The van der Waals surface area contributed by atoms with Crippen LogP contribution in [0.4, 0.5) is 14.6 Å². The summed E-state index contributed by atoms with van der Waals surface area (Å²) in [6, 6.07) is 4.95. The van der Waals surface area contributed by atoms with Crippen molar-refractivity contribution in [3.63, 3.8) is 0 Å². The summed E-state index contributed by atoms with van der Waals surface area (Å²) in [7, 11) is 0. The van der Waals surface area contributed by atoms with Gasteiger partial charge in [0.05, 0.1) is 24.8 Å². The molecule has 0 saturated carbocycles. The van der Waals surface area contributed by atoms with Gasteiger partial charge in [-0.15, -0.1) is 0 Å². The fourth-order valence-corrected chi connectivity index (χ4v) is 1.46. The van der Waals surface area contributed by atoms with E-state index in [2.05, 4.69) is 4.98 Å². The lowest BCUT2D eigenvalue weighted by atomic mass is 10.2. The molecule has 0 aliphatic carbocycles. The second kappa shape index (κ2) is 6.11. The minimum atomic E-state index is -2.52. The van der Waals surface area contributed by atoms with E-state index in [1.165, 1.54) is 11.0 Å². The van der Waals surface area contributed by atoms with E-state index in [9.17, 15) is 8.78 Å². The molecule has 0 amide bonds. The van der Waals surface area contributed by atoms with Crippen LogP contribution in [0.15, 0.2) is 12.1 Å². The summed E-state index contributed by atoms with van der Waals surface area (Å²) in [5.41, 5.74) is 0.945. The first-order valence-corrected chi connectivity index (χ1v) is 5.09. The Hall–Kier alpha value is -1.74. The van der Waals surface area contributed by atoms with Crippen LogP contribution in [-0.4, -0.2) is 36.2 Å². The number of nitriles is 1. The molecule has 92 valence electrons. The molecule has 1 N–H and O–H groups in total. The Labute approximate surface area is 98.1 Å². The average molecular weight is 241 g/mol. The van der Waals surface area contributed by atoms with E-state index >= 15 is 0 Å². The average Bonchev–Trinajstić information content (AvgIpc) is 2.27. The second-order valence-corrected chi connectivity index (χ2v) is 3.53. The van der Waals surface area contributed by atoms with Gasteiger partial charge in [0.1, 0.15) is 5.82 Å². The van der Waals surface area contributed by atoms with Crippen LogP contribution >= 0.6 is 0 Å². The van der Waals surface area contributed by atoms with E-state index in [1.807, 2.05) is 6.07 Å². The molecule has 0 aromatic carbocycles. The van der Waals surface area contributed by atoms with Crippen molar-refractivity contribution in [1.29, 1.82) is 5.26 Å². The van der Waals surface area contributed by atoms with Crippen molar-refractivity contribution < 1.29 is 13.9 Å². The van der Waals surface area contributed by atoms with Gasteiger partial charge in [-0.25, -0.2) is 13.8 Å². The Bertz CT molecular complexity index is 418. The molecule has 0 spiro atoms. The maximum absolute atomic E-state index is 12.4. The van der Waals surface area contributed by atoms with Crippen LogP contribution in [0.25, 0.3) is 0 Å². The largest absolute Gasteiger partial charge is 0.395 e. The predicted octanol–water partition coefficient (Wildman–Crippen LogP) is 1.33. The van der Waals surface area contributed by atoms with Gasteiger partial charge in [0, 0.05) is 12.2 Å². The normalized spacial score (nSPS) is 10.4. The fourth-order valence-electron chi connectivity index (χ4n) is 1.46. The van der Waals surface area contributed by atoms with Gasteiger partial charge in [-0.1, -0.05) is 0 Å². The van der Waals surface area contributed by atoms with Gasteiger partial charge in [0.25, 0.3) is 6.43 Å². The number of pyridine rings is 1. The molecule has 17 heavy (non-hydrogen) atoms. The van der Waals surface area contributed by atoms with Crippen LogP contribution in [0, 0.1) is 18.3 Å². The molecule has 0 bridgehead atoms. The molecular formula is C11H13F2N3O. The lowest BCUT2D eigenvalue weighted by Crippen LogP contribution is -2.32. The molecule has 0 radical (unpaired) electrons. The number of aliphatic hydroxyl groups excluding tert-OH is 1. The van der Waals surface area contributed by atoms with Gasteiger partial charge in [0.15, 0.2) is 0 Å². The molecule has 6 heteroatoms. The molecule has 1 rings (SSSR count). The highest BCUT2D eigenvalue weighted by molar-refractivity contribution is 5.46. The SMILES string of the molecule is Cc1cc(C#N)cc(N(CCO)CC(F)F)n1. The van der Waals surface area contributed by atoms with E-state index in [4.69, 9.17) is 10.4 Å². The summed E-state index contributed by atoms with van der Waals surface area (Å²) in [6.45, 7) is 0.988. The number of hydrogen-bond donors (Lipinski definition) is 1. The fraction of sp³-hybridized carbons (Fsp3) is 0.455. The number of hydrogen-bond acceptors (Lipinski definition) is 4. The topological polar surface area (TPSA) is 60.2 Å². The lowest BCUT2D eigenvalue weighted by Gasteiger charge is -2.22. The third-order valence-electron chi connectivity index (χ3n) is 2.12. The van der Waals surface area contributed by atoms with Crippen LogP contribution in [-0.2, 0) is 0 Å². The number of aryl methyl sites for hydroxylation is 1. The van der Waals surface area contributed by atoms with E-state index in [-0.39, 0.29) is 19.0 Å². The van der Waals surface area contributed by atoms with Gasteiger partial charge in [-0.05, 0) is 19.1 Å². The van der Waals surface area contributed by atoms with Crippen molar-refractivity contribution in [2.24, 2.45) is 0 Å². The number of alkyl halides is 2. The van der Waals surface area contributed by atoms with Crippen LogP contribution in [0.5, 0.6) is 0 Å². The van der Waals surface area contributed by atoms with E-state index in [0.29, 0.717) is 11.3 Å². The summed E-state index contributed by atoms with van der Waals surface area (Å²) in [4.78, 5) is 5.35. The first kappa shape index (κ1) is 13.3. The number of anilines is 1. The van der Waals surface area contributed by atoms with Crippen LogP contribution < -0.4 is 4.90 Å². The third-order valence-corrected chi connectivity index (χ3v) is 2.12. The number of aliphatic hydroxyl groups is 1. The molecule has 1 heterocycles. The second-order valence-electron chi connectivity index (χ2n) is 3.53. The van der Waals surface area contributed by atoms with Crippen LogP contribution in [0.2, 0.25) is 0 Å². The quantitative estimate of drug-likeness (QED) is 0.844. The number of nitrogens with zero attached hydrogens (tertiary/aromatic N) is 3. The molecular weight excluding hydrogens is 228 g/mol. The van der Waals surface area contributed by atoms with Crippen molar-refractivity contribution in [3.05, 3.63) is 23.4 Å². The third kappa shape index (κ3) is 3.96. The highest BCUT2D eigenvalue weighted by Gasteiger charge is 2.14. The van der Waals surface area contributed by atoms with Gasteiger partial charge >= 0.3 is 0 Å². The van der Waals surface area contributed by atoms with Crippen LogP contribution in [0.1, 0.15) is 11.3 Å². The summed E-state index contributed by atoms with van der Waals surface area (Å²) in [5.74, 6) is 0.288. The maximum atomic E-state index is 12.4. The Kier molecular flexibility index (Phi) is 4.79. The van der Waals surface area contributed by atoms with Crippen molar-refractivity contribution in [2.75, 3.05) is 24.6 Å². The number of halogens is 2. The first-order valence-electron chi connectivity index (χ1n) is 5.09. The molecule has 0 atom stereocenters. The zero-order valence-corrected chi connectivity index (χ0v) is 9.40. The molecule has 4 nitrogen and oxygen atoms in total. The summed E-state index contributed by atoms with van der Waals surface area (Å²) in [6.07, 6.45) is -2.52. The number of rotatable bonds is 5. The molecule has 0 unspecified atom stereocenters. The predicted molar refractivity (Wildman–Crippen MR) is 59.0 cm³/mol. The van der Waals surface area contributed by atoms with Gasteiger partial charge in [-0.2, -0.15) is 5.26 Å². The summed E-state index contributed by atoms with van der Waals surface area (Å²) >= 11 is 0. The monoisotopic (exact) mass is 241 g/mol. The smallest absolute Gasteiger partial charge is 0.255 e. The Morgan fingerprint density at radius 3 is 2.76 bits per heavy atom. The number of aromatic nitrogens is 1. The van der Waals surface area contributed by atoms with Crippen molar-refractivity contribution >= 4 is 5.82 Å². The molecule has 1 aromatic rings. The van der Waals surface area contributed by atoms with Gasteiger partial charge in [-0.3, -0.25) is 0 Å².